The van der Waals surface area contributed by atoms with Crippen LogP contribution in [0.25, 0.3) is 0 Å². The molecule has 2 aromatic carbocycles. The summed E-state index contributed by atoms with van der Waals surface area (Å²) < 4.78 is 5.61. The average molecular weight is 383 g/mol. The number of quaternary nitrogens is 1. The fourth-order valence-corrected chi connectivity index (χ4v) is 3.05. The molecule has 0 aliphatic carbocycles. The van der Waals surface area contributed by atoms with Gasteiger partial charge < -0.3 is 9.64 Å². The van der Waals surface area contributed by atoms with E-state index in [4.69, 9.17) is 4.74 Å². The maximum atomic E-state index is 12.7. The first-order valence-corrected chi connectivity index (χ1v) is 10.2. The first kappa shape index (κ1) is 22.2. The van der Waals surface area contributed by atoms with Crippen LogP contribution in [0.5, 0.6) is 0 Å². The zero-order valence-corrected chi connectivity index (χ0v) is 18.6. The van der Waals surface area contributed by atoms with Crippen molar-refractivity contribution in [3.63, 3.8) is 0 Å². The van der Waals surface area contributed by atoms with Crippen LogP contribution in [0.2, 0.25) is 0 Å². The number of ether oxygens (including phenoxy) is 1. The van der Waals surface area contributed by atoms with Crippen LogP contribution in [-0.4, -0.2) is 26.2 Å². The normalized spacial score (nSPS) is 13.2. The summed E-state index contributed by atoms with van der Waals surface area (Å²) in [5.41, 5.74) is 4.24. The zero-order chi connectivity index (χ0) is 20.9. The number of rotatable bonds is 6. The van der Waals surface area contributed by atoms with Gasteiger partial charge in [0.25, 0.3) is 0 Å². The van der Waals surface area contributed by atoms with Crippen LogP contribution in [0.4, 0.5) is 0 Å². The molecule has 0 spiro atoms. The second kappa shape index (κ2) is 8.91. The van der Waals surface area contributed by atoms with Gasteiger partial charge in [-0.15, -0.1) is 0 Å². The van der Waals surface area contributed by atoms with Gasteiger partial charge in [-0.25, -0.2) is 4.79 Å². The number of benzene rings is 2. The maximum Gasteiger partial charge on any atom is 0.338 e. The van der Waals surface area contributed by atoms with Crippen molar-refractivity contribution >= 4 is 5.97 Å². The quantitative estimate of drug-likeness (QED) is 0.761. The second-order valence-corrected chi connectivity index (χ2v) is 9.80. The van der Waals surface area contributed by atoms with Gasteiger partial charge in [-0.1, -0.05) is 77.9 Å². The summed E-state index contributed by atoms with van der Waals surface area (Å²) in [6, 6.07) is 16.6. The molecule has 0 saturated carbocycles. The Morgan fingerprint density at radius 2 is 1.43 bits per heavy atom. The summed E-state index contributed by atoms with van der Waals surface area (Å²) >= 11 is 0. The van der Waals surface area contributed by atoms with Crippen molar-refractivity contribution in [1.82, 2.24) is 0 Å². The lowest BCUT2D eigenvalue weighted by molar-refractivity contribution is -0.893. The van der Waals surface area contributed by atoms with Gasteiger partial charge in [-0.2, -0.15) is 0 Å². The van der Waals surface area contributed by atoms with Crippen LogP contribution in [0.15, 0.2) is 48.5 Å². The second-order valence-electron chi connectivity index (χ2n) is 9.80. The molecule has 0 fully saturated rings. The number of nitrogens with one attached hydrogen (secondary N) is 1. The molecule has 0 heterocycles. The highest BCUT2D eigenvalue weighted by Gasteiger charge is 2.22. The van der Waals surface area contributed by atoms with E-state index < -0.39 is 0 Å². The smallest absolute Gasteiger partial charge is 0.338 e. The van der Waals surface area contributed by atoms with Crippen molar-refractivity contribution in [2.24, 2.45) is 0 Å². The summed E-state index contributed by atoms with van der Waals surface area (Å²) in [5.74, 6) is -0.232. The van der Waals surface area contributed by atoms with E-state index >= 15 is 0 Å². The monoisotopic (exact) mass is 382 g/mol. The standard InChI is InChI=1S/C25H35NO2/c1-24(2,3)21-15-20(16-22(17-21)25(4,5)6)23(27)28-14-13-26(7)18-19-11-9-8-10-12-19/h8-12,15-17H,13-14,18H2,1-7H3/p+1. The van der Waals surface area contributed by atoms with E-state index in [9.17, 15) is 4.79 Å². The molecule has 28 heavy (non-hydrogen) atoms. The predicted molar refractivity (Wildman–Crippen MR) is 116 cm³/mol. The maximum absolute atomic E-state index is 12.7. The van der Waals surface area contributed by atoms with E-state index in [1.807, 2.05) is 18.2 Å². The highest BCUT2D eigenvalue weighted by Crippen LogP contribution is 2.30. The lowest BCUT2D eigenvalue weighted by Gasteiger charge is -2.26. The Balaban J connectivity index is 2.03. The van der Waals surface area contributed by atoms with E-state index in [0.717, 1.165) is 13.1 Å². The molecule has 0 radical (unpaired) electrons. The molecule has 0 aromatic heterocycles. The number of esters is 1. The molecule has 1 unspecified atom stereocenters. The molecule has 2 rings (SSSR count). The topological polar surface area (TPSA) is 30.7 Å². The summed E-state index contributed by atoms with van der Waals surface area (Å²) in [7, 11) is 2.12. The van der Waals surface area contributed by atoms with E-state index in [2.05, 4.69) is 78.9 Å². The molecule has 152 valence electrons. The van der Waals surface area contributed by atoms with Crippen molar-refractivity contribution in [1.29, 1.82) is 0 Å². The number of carbonyl (C=O) groups excluding carboxylic acids is 1. The number of carbonyl (C=O) groups is 1. The SMILES string of the molecule is C[NH+](CCOC(=O)c1cc(C(C)(C)C)cc(C(C)(C)C)c1)Cc1ccccc1. The molecular weight excluding hydrogens is 346 g/mol. The molecule has 3 nitrogen and oxygen atoms in total. The van der Waals surface area contributed by atoms with Gasteiger partial charge in [0.05, 0.1) is 12.6 Å². The van der Waals surface area contributed by atoms with Crippen molar-refractivity contribution in [3.05, 3.63) is 70.8 Å². The third-order valence-corrected chi connectivity index (χ3v) is 5.01. The van der Waals surface area contributed by atoms with Crippen molar-refractivity contribution < 1.29 is 14.4 Å². The zero-order valence-electron chi connectivity index (χ0n) is 18.6. The molecule has 1 atom stereocenters. The predicted octanol–water partition coefficient (Wildman–Crippen LogP) is 4.15. The Kier molecular flexibility index (Phi) is 7.06. The Morgan fingerprint density at radius 3 is 1.93 bits per heavy atom. The minimum absolute atomic E-state index is 0.0175. The average Bonchev–Trinajstić information content (AvgIpc) is 2.60. The molecular formula is C25H36NO2+. The van der Waals surface area contributed by atoms with Crippen LogP contribution in [0.3, 0.4) is 0 Å². The van der Waals surface area contributed by atoms with Gasteiger partial charge in [0.15, 0.2) is 0 Å². The largest absolute Gasteiger partial charge is 0.456 e. The van der Waals surface area contributed by atoms with Crippen molar-refractivity contribution in [2.75, 3.05) is 20.2 Å². The molecule has 2 aromatic rings. The van der Waals surface area contributed by atoms with Crippen LogP contribution >= 0.6 is 0 Å². The van der Waals surface area contributed by atoms with E-state index in [1.54, 1.807) is 0 Å². The third kappa shape index (κ3) is 6.49. The van der Waals surface area contributed by atoms with Crippen LogP contribution in [0, 0.1) is 0 Å². The number of likely N-dealkylation sites (N-methyl/N-ethyl adjacent to an activating group) is 1. The van der Waals surface area contributed by atoms with Crippen LogP contribution in [0.1, 0.15) is 68.6 Å². The summed E-state index contributed by atoms with van der Waals surface area (Å²) in [6.07, 6.45) is 0. The first-order valence-electron chi connectivity index (χ1n) is 10.2. The molecule has 0 saturated heterocycles. The fourth-order valence-electron chi connectivity index (χ4n) is 3.05. The van der Waals surface area contributed by atoms with Crippen molar-refractivity contribution in [2.45, 2.75) is 58.9 Å². The lowest BCUT2D eigenvalue weighted by Crippen LogP contribution is -3.08. The summed E-state index contributed by atoms with van der Waals surface area (Å²) in [5, 5.41) is 0. The minimum Gasteiger partial charge on any atom is -0.456 e. The van der Waals surface area contributed by atoms with Gasteiger partial charge >= 0.3 is 5.97 Å². The van der Waals surface area contributed by atoms with Gasteiger partial charge in [-0.05, 0) is 34.1 Å². The summed E-state index contributed by atoms with van der Waals surface area (Å²) in [4.78, 5) is 14.0. The van der Waals surface area contributed by atoms with E-state index in [1.165, 1.54) is 21.6 Å². The molecule has 0 aliphatic heterocycles. The fraction of sp³-hybridized carbons (Fsp3) is 0.480. The van der Waals surface area contributed by atoms with Crippen LogP contribution < -0.4 is 4.90 Å². The highest BCUT2D eigenvalue weighted by molar-refractivity contribution is 5.90. The molecule has 0 amide bonds. The highest BCUT2D eigenvalue weighted by atomic mass is 16.5. The molecule has 3 heteroatoms. The van der Waals surface area contributed by atoms with Gasteiger partial charge in [0.2, 0.25) is 0 Å². The number of hydrogen-bond donors (Lipinski definition) is 1. The van der Waals surface area contributed by atoms with E-state index in [-0.39, 0.29) is 16.8 Å². The molecule has 0 bridgehead atoms. The Bertz CT molecular complexity index is 750. The Hall–Kier alpha value is -2.13. The summed E-state index contributed by atoms with van der Waals surface area (Å²) in [6.45, 7) is 15.2. The van der Waals surface area contributed by atoms with Gasteiger partial charge in [0.1, 0.15) is 19.7 Å². The van der Waals surface area contributed by atoms with Gasteiger partial charge in [-0.3, -0.25) is 0 Å². The Labute approximate surface area is 170 Å². The molecule has 0 aliphatic rings. The minimum atomic E-state index is -0.232. The molecule has 1 N–H and O–H groups in total. The third-order valence-electron chi connectivity index (χ3n) is 5.01. The Morgan fingerprint density at radius 1 is 0.893 bits per heavy atom. The first-order chi connectivity index (χ1) is 13.0. The lowest BCUT2D eigenvalue weighted by atomic mass is 9.79. The van der Waals surface area contributed by atoms with Crippen molar-refractivity contribution in [3.8, 4) is 0 Å². The number of hydrogen-bond acceptors (Lipinski definition) is 2. The van der Waals surface area contributed by atoms with E-state index in [0.29, 0.717) is 12.2 Å². The van der Waals surface area contributed by atoms with Crippen LogP contribution in [-0.2, 0) is 22.1 Å². The van der Waals surface area contributed by atoms with Gasteiger partial charge in [0, 0.05) is 5.56 Å².